The smallest absolute Gasteiger partial charge is 0.251 e. The standard InChI is InChI=1S/C15H19N3O/c1-15(2,3)10-17-14(19)12-4-6-13(7-5-12)18-9-8-16-11-18/h4-9,11H,10H2,1-3H3,(H,17,19). The van der Waals surface area contributed by atoms with Crippen LogP contribution in [0.15, 0.2) is 43.0 Å². The Labute approximate surface area is 113 Å². The highest BCUT2D eigenvalue weighted by atomic mass is 16.1. The van der Waals surface area contributed by atoms with Crippen molar-refractivity contribution >= 4 is 5.91 Å². The average Bonchev–Trinajstić information content (AvgIpc) is 2.89. The first-order valence-electron chi connectivity index (χ1n) is 6.32. The molecule has 0 radical (unpaired) electrons. The van der Waals surface area contributed by atoms with Crippen LogP contribution in [0.1, 0.15) is 31.1 Å². The lowest BCUT2D eigenvalue weighted by Gasteiger charge is -2.18. The van der Waals surface area contributed by atoms with Crippen molar-refractivity contribution in [3.63, 3.8) is 0 Å². The highest BCUT2D eigenvalue weighted by Gasteiger charge is 2.12. The summed E-state index contributed by atoms with van der Waals surface area (Å²) in [5.74, 6) is -0.0351. The number of aromatic nitrogens is 2. The van der Waals surface area contributed by atoms with Gasteiger partial charge in [0, 0.05) is 30.2 Å². The third-order valence-corrected chi connectivity index (χ3v) is 2.71. The van der Waals surface area contributed by atoms with Gasteiger partial charge in [-0.1, -0.05) is 20.8 Å². The maximum absolute atomic E-state index is 12.0. The second kappa shape index (κ2) is 5.26. The van der Waals surface area contributed by atoms with Gasteiger partial charge in [0.15, 0.2) is 0 Å². The largest absolute Gasteiger partial charge is 0.352 e. The second-order valence-corrected chi connectivity index (χ2v) is 5.76. The van der Waals surface area contributed by atoms with Crippen LogP contribution in [0.5, 0.6) is 0 Å². The lowest BCUT2D eigenvalue weighted by atomic mass is 9.97. The van der Waals surface area contributed by atoms with Gasteiger partial charge < -0.3 is 9.88 Å². The van der Waals surface area contributed by atoms with Crippen LogP contribution < -0.4 is 5.32 Å². The van der Waals surface area contributed by atoms with Crippen LogP contribution in [0.25, 0.3) is 5.69 Å². The lowest BCUT2D eigenvalue weighted by molar-refractivity contribution is 0.0939. The molecule has 2 aromatic rings. The molecule has 0 unspecified atom stereocenters. The first-order chi connectivity index (χ1) is 8.96. The van der Waals surface area contributed by atoms with E-state index in [0.29, 0.717) is 12.1 Å². The van der Waals surface area contributed by atoms with Crippen molar-refractivity contribution in [1.29, 1.82) is 0 Å². The van der Waals surface area contributed by atoms with E-state index in [-0.39, 0.29) is 11.3 Å². The van der Waals surface area contributed by atoms with Crippen molar-refractivity contribution in [3.8, 4) is 5.69 Å². The van der Waals surface area contributed by atoms with Crippen LogP contribution in [-0.4, -0.2) is 22.0 Å². The summed E-state index contributed by atoms with van der Waals surface area (Å²) in [5.41, 5.74) is 1.75. The number of nitrogens with one attached hydrogen (secondary N) is 1. The number of benzene rings is 1. The minimum absolute atomic E-state index is 0.0351. The number of hydrogen-bond donors (Lipinski definition) is 1. The predicted molar refractivity (Wildman–Crippen MR) is 75.4 cm³/mol. The molecule has 1 aromatic heterocycles. The van der Waals surface area contributed by atoms with E-state index in [0.717, 1.165) is 5.69 Å². The van der Waals surface area contributed by atoms with E-state index in [2.05, 4.69) is 31.1 Å². The SMILES string of the molecule is CC(C)(C)CNC(=O)c1ccc(-n2ccnc2)cc1. The molecule has 0 saturated carbocycles. The number of rotatable bonds is 3. The monoisotopic (exact) mass is 257 g/mol. The van der Waals surface area contributed by atoms with E-state index in [9.17, 15) is 4.79 Å². The summed E-state index contributed by atoms with van der Waals surface area (Å²) in [7, 11) is 0. The number of imidazole rings is 1. The summed E-state index contributed by atoms with van der Waals surface area (Å²) in [5, 5.41) is 2.94. The summed E-state index contributed by atoms with van der Waals surface area (Å²) < 4.78 is 1.90. The average molecular weight is 257 g/mol. The van der Waals surface area contributed by atoms with Gasteiger partial charge in [0.25, 0.3) is 5.91 Å². The van der Waals surface area contributed by atoms with Gasteiger partial charge in [0.2, 0.25) is 0 Å². The molecule has 1 heterocycles. The molecule has 0 saturated heterocycles. The maximum Gasteiger partial charge on any atom is 0.251 e. The van der Waals surface area contributed by atoms with Crippen LogP contribution in [0.3, 0.4) is 0 Å². The zero-order valence-electron chi connectivity index (χ0n) is 11.6. The highest BCUT2D eigenvalue weighted by Crippen LogP contribution is 2.12. The van der Waals surface area contributed by atoms with Crippen molar-refractivity contribution in [3.05, 3.63) is 48.5 Å². The van der Waals surface area contributed by atoms with Gasteiger partial charge in [0.1, 0.15) is 0 Å². The molecular formula is C15H19N3O. The first-order valence-corrected chi connectivity index (χ1v) is 6.32. The van der Waals surface area contributed by atoms with Crippen molar-refractivity contribution in [2.45, 2.75) is 20.8 Å². The van der Waals surface area contributed by atoms with Crippen molar-refractivity contribution < 1.29 is 4.79 Å². The summed E-state index contributed by atoms with van der Waals surface area (Å²) in [6, 6.07) is 7.47. The molecule has 0 atom stereocenters. The molecular weight excluding hydrogens is 238 g/mol. The van der Waals surface area contributed by atoms with Gasteiger partial charge in [-0.25, -0.2) is 4.98 Å². The molecule has 4 nitrogen and oxygen atoms in total. The van der Waals surface area contributed by atoms with Gasteiger partial charge in [-0.2, -0.15) is 0 Å². The number of carbonyl (C=O) groups excluding carboxylic acids is 1. The molecule has 19 heavy (non-hydrogen) atoms. The summed E-state index contributed by atoms with van der Waals surface area (Å²) in [6.45, 7) is 6.94. The Bertz CT molecular complexity index is 536. The Morgan fingerprint density at radius 1 is 1.26 bits per heavy atom. The van der Waals surface area contributed by atoms with Gasteiger partial charge in [-0.15, -0.1) is 0 Å². The van der Waals surface area contributed by atoms with Crippen LogP contribution in [-0.2, 0) is 0 Å². The van der Waals surface area contributed by atoms with Gasteiger partial charge in [-0.05, 0) is 29.7 Å². The molecule has 0 bridgehead atoms. The van der Waals surface area contributed by atoms with E-state index < -0.39 is 0 Å². The minimum atomic E-state index is -0.0351. The Morgan fingerprint density at radius 3 is 2.47 bits per heavy atom. The third kappa shape index (κ3) is 3.68. The number of amides is 1. The number of nitrogens with zero attached hydrogens (tertiary/aromatic N) is 2. The normalized spacial score (nSPS) is 11.3. The summed E-state index contributed by atoms with van der Waals surface area (Å²) >= 11 is 0. The number of hydrogen-bond acceptors (Lipinski definition) is 2. The zero-order valence-corrected chi connectivity index (χ0v) is 11.6. The second-order valence-electron chi connectivity index (χ2n) is 5.76. The van der Waals surface area contributed by atoms with E-state index in [1.807, 2.05) is 35.0 Å². The molecule has 0 spiro atoms. The Balaban J connectivity index is 2.04. The Kier molecular flexibility index (Phi) is 3.69. The van der Waals surface area contributed by atoms with Crippen LogP contribution in [0.2, 0.25) is 0 Å². The molecule has 0 aliphatic carbocycles. The lowest BCUT2D eigenvalue weighted by Crippen LogP contribution is -2.32. The topological polar surface area (TPSA) is 46.9 Å². The fourth-order valence-electron chi connectivity index (χ4n) is 1.64. The van der Waals surface area contributed by atoms with Crippen LogP contribution >= 0.6 is 0 Å². The summed E-state index contributed by atoms with van der Waals surface area (Å²) in [6.07, 6.45) is 5.33. The molecule has 1 aromatic carbocycles. The van der Waals surface area contributed by atoms with E-state index >= 15 is 0 Å². The molecule has 100 valence electrons. The highest BCUT2D eigenvalue weighted by molar-refractivity contribution is 5.94. The molecule has 4 heteroatoms. The minimum Gasteiger partial charge on any atom is -0.352 e. The Hall–Kier alpha value is -2.10. The molecule has 0 fully saturated rings. The fourth-order valence-corrected chi connectivity index (χ4v) is 1.64. The molecule has 1 N–H and O–H groups in total. The van der Waals surface area contributed by atoms with Crippen molar-refractivity contribution in [2.75, 3.05) is 6.54 Å². The molecule has 2 rings (SSSR count). The van der Waals surface area contributed by atoms with Crippen LogP contribution in [0.4, 0.5) is 0 Å². The van der Waals surface area contributed by atoms with Crippen molar-refractivity contribution in [2.24, 2.45) is 5.41 Å². The van der Waals surface area contributed by atoms with Gasteiger partial charge >= 0.3 is 0 Å². The van der Waals surface area contributed by atoms with E-state index in [1.165, 1.54) is 0 Å². The zero-order chi connectivity index (χ0) is 13.9. The molecule has 1 amide bonds. The molecule has 0 aliphatic rings. The van der Waals surface area contributed by atoms with E-state index in [4.69, 9.17) is 0 Å². The first kappa shape index (κ1) is 13.3. The Morgan fingerprint density at radius 2 is 1.95 bits per heavy atom. The van der Waals surface area contributed by atoms with Gasteiger partial charge in [-0.3, -0.25) is 4.79 Å². The van der Waals surface area contributed by atoms with E-state index in [1.54, 1.807) is 12.5 Å². The van der Waals surface area contributed by atoms with Crippen molar-refractivity contribution in [1.82, 2.24) is 14.9 Å². The predicted octanol–water partition coefficient (Wildman–Crippen LogP) is 2.65. The third-order valence-electron chi connectivity index (χ3n) is 2.71. The summed E-state index contributed by atoms with van der Waals surface area (Å²) in [4.78, 5) is 16.0. The maximum atomic E-state index is 12.0. The fraction of sp³-hybridized carbons (Fsp3) is 0.333. The number of carbonyl (C=O) groups is 1. The van der Waals surface area contributed by atoms with Crippen LogP contribution in [0, 0.1) is 5.41 Å². The molecule has 0 aliphatic heterocycles. The quantitative estimate of drug-likeness (QED) is 0.918. The van der Waals surface area contributed by atoms with Gasteiger partial charge in [0.05, 0.1) is 6.33 Å².